The van der Waals surface area contributed by atoms with Crippen LogP contribution >= 0.6 is 15.9 Å². The molecule has 0 spiro atoms. The van der Waals surface area contributed by atoms with E-state index >= 15 is 0 Å². The van der Waals surface area contributed by atoms with E-state index in [0.29, 0.717) is 13.2 Å². The zero-order valence-electron chi connectivity index (χ0n) is 12.2. The lowest BCUT2D eigenvalue weighted by atomic mass is 10.1. The Morgan fingerprint density at radius 3 is 2.95 bits per heavy atom. The van der Waals surface area contributed by atoms with Gasteiger partial charge in [0.1, 0.15) is 5.75 Å². The quantitative estimate of drug-likeness (QED) is 0.892. The van der Waals surface area contributed by atoms with Gasteiger partial charge in [0.25, 0.3) is 0 Å². The number of hydrogen-bond donors (Lipinski definition) is 1. The number of hydrogen-bond acceptors (Lipinski definition) is 4. The monoisotopic (exact) mass is 343 g/mol. The van der Waals surface area contributed by atoms with E-state index in [2.05, 4.69) is 35.1 Å². The molecule has 1 atom stereocenters. The first kappa shape index (κ1) is 15.8. The Hall–Kier alpha value is -0.620. The fourth-order valence-electron chi connectivity index (χ4n) is 2.25. The second kappa shape index (κ2) is 6.89. The minimum atomic E-state index is -0.122. The largest absolute Gasteiger partial charge is 0.497 e. The summed E-state index contributed by atoms with van der Waals surface area (Å²) in [6.45, 7) is 7.02. The van der Waals surface area contributed by atoms with Crippen LogP contribution in [0.2, 0.25) is 0 Å². The molecule has 0 bridgehead atoms. The Morgan fingerprint density at radius 1 is 1.45 bits per heavy atom. The average molecular weight is 344 g/mol. The zero-order valence-corrected chi connectivity index (χ0v) is 13.8. The highest BCUT2D eigenvalue weighted by molar-refractivity contribution is 9.10. The number of halogens is 1. The van der Waals surface area contributed by atoms with Gasteiger partial charge >= 0.3 is 0 Å². The minimum absolute atomic E-state index is 0.100. The Labute approximate surface area is 128 Å². The van der Waals surface area contributed by atoms with Crippen molar-refractivity contribution in [1.29, 1.82) is 0 Å². The van der Waals surface area contributed by atoms with Crippen molar-refractivity contribution in [2.75, 3.05) is 26.8 Å². The van der Waals surface area contributed by atoms with Gasteiger partial charge in [-0.2, -0.15) is 0 Å². The van der Waals surface area contributed by atoms with E-state index in [1.807, 2.05) is 18.2 Å². The second-order valence-electron chi connectivity index (χ2n) is 5.60. The highest BCUT2D eigenvalue weighted by Gasteiger charge is 2.28. The Balaban J connectivity index is 1.84. The standard InChI is InChI=1S/C15H22BrNO3/c1-15(2)10-17-7-13(20-15)9-19-8-11-6-12(18-3)4-5-14(11)16/h4-6,13,17H,7-10H2,1-3H3. The first-order valence-electron chi connectivity index (χ1n) is 6.79. The van der Waals surface area contributed by atoms with Crippen molar-refractivity contribution in [2.24, 2.45) is 0 Å². The summed E-state index contributed by atoms with van der Waals surface area (Å²) in [6.07, 6.45) is 0.100. The molecule has 0 saturated carbocycles. The Morgan fingerprint density at radius 2 is 2.25 bits per heavy atom. The smallest absolute Gasteiger partial charge is 0.119 e. The predicted octanol–water partition coefficient (Wildman–Crippen LogP) is 2.74. The molecule has 0 aliphatic carbocycles. The van der Waals surface area contributed by atoms with Gasteiger partial charge in [0, 0.05) is 17.6 Å². The molecular formula is C15H22BrNO3. The van der Waals surface area contributed by atoms with Crippen molar-refractivity contribution in [3.05, 3.63) is 28.2 Å². The van der Waals surface area contributed by atoms with Crippen LogP contribution in [0.3, 0.4) is 0 Å². The molecule has 1 aromatic rings. The molecule has 2 rings (SSSR count). The van der Waals surface area contributed by atoms with Gasteiger partial charge in [-0.05, 0) is 37.6 Å². The number of methoxy groups -OCH3 is 1. The van der Waals surface area contributed by atoms with E-state index in [9.17, 15) is 0 Å². The van der Waals surface area contributed by atoms with Crippen LogP contribution in [0.1, 0.15) is 19.4 Å². The Kier molecular flexibility index (Phi) is 5.43. The summed E-state index contributed by atoms with van der Waals surface area (Å²) in [5.41, 5.74) is 0.954. The van der Waals surface area contributed by atoms with E-state index < -0.39 is 0 Å². The van der Waals surface area contributed by atoms with Crippen molar-refractivity contribution in [2.45, 2.75) is 32.2 Å². The van der Waals surface area contributed by atoms with Gasteiger partial charge in [-0.15, -0.1) is 0 Å². The molecule has 112 valence electrons. The fraction of sp³-hybridized carbons (Fsp3) is 0.600. The van der Waals surface area contributed by atoms with Crippen molar-refractivity contribution >= 4 is 15.9 Å². The SMILES string of the molecule is COc1ccc(Br)c(COCC2CNCC(C)(C)O2)c1. The first-order valence-corrected chi connectivity index (χ1v) is 7.58. The number of nitrogens with one attached hydrogen (secondary N) is 1. The van der Waals surface area contributed by atoms with Crippen LogP contribution < -0.4 is 10.1 Å². The van der Waals surface area contributed by atoms with E-state index in [1.54, 1.807) is 7.11 Å². The number of ether oxygens (including phenoxy) is 3. The van der Waals surface area contributed by atoms with E-state index in [-0.39, 0.29) is 11.7 Å². The molecule has 4 nitrogen and oxygen atoms in total. The van der Waals surface area contributed by atoms with Crippen molar-refractivity contribution < 1.29 is 14.2 Å². The van der Waals surface area contributed by atoms with Crippen LogP contribution in [-0.4, -0.2) is 38.5 Å². The minimum Gasteiger partial charge on any atom is -0.497 e. The second-order valence-corrected chi connectivity index (χ2v) is 6.46. The molecule has 1 aliphatic rings. The predicted molar refractivity (Wildman–Crippen MR) is 82.2 cm³/mol. The van der Waals surface area contributed by atoms with Crippen molar-refractivity contribution in [3.8, 4) is 5.75 Å². The maximum Gasteiger partial charge on any atom is 0.119 e. The normalized spacial score (nSPS) is 21.7. The van der Waals surface area contributed by atoms with E-state index in [1.165, 1.54) is 0 Å². The lowest BCUT2D eigenvalue weighted by molar-refractivity contribution is -0.122. The highest BCUT2D eigenvalue weighted by atomic mass is 79.9. The molecule has 1 aliphatic heterocycles. The van der Waals surface area contributed by atoms with Gasteiger partial charge in [-0.25, -0.2) is 0 Å². The molecular weight excluding hydrogens is 322 g/mol. The van der Waals surface area contributed by atoms with Crippen molar-refractivity contribution in [3.63, 3.8) is 0 Å². The van der Waals surface area contributed by atoms with Gasteiger partial charge in [0.15, 0.2) is 0 Å². The van der Waals surface area contributed by atoms with Crippen LogP contribution in [0.4, 0.5) is 0 Å². The molecule has 0 radical (unpaired) electrons. The Bertz CT molecular complexity index is 451. The van der Waals surface area contributed by atoms with Gasteiger partial charge in [0.05, 0.1) is 32.0 Å². The summed E-state index contributed by atoms with van der Waals surface area (Å²) in [5.74, 6) is 0.837. The number of benzene rings is 1. The highest BCUT2D eigenvalue weighted by Crippen LogP contribution is 2.23. The van der Waals surface area contributed by atoms with Crippen molar-refractivity contribution in [1.82, 2.24) is 5.32 Å². The molecule has 1 fully saturated rings. The summed E-state index contributed by atoms with van der Waals surface area (Å²) in [6, 6.07) is 5.87. The first-order chi connectivity index (χ1) is 9.50. The number of rotatable bonds is 5. The molecule has 1 saturated heterocycles. The third-order valence-electron chi connectivity index (χ3n) is 3.22. The average Bonchev–Trinajstić information content (AvgIpc) is 2.40. The van der Waals surface area contributed by atoms with Crippen LogP contribution in [-0.2, 0) is 16.1 Å². The van der Waals surface area contributed by atoms with Gasteiger partial charge in [-0.1, -0.05) is 15.9 Å². The third kappa shape index (κ3) is 4.45. The maximum absolute atomic E-state index is 5.96. The molecule has 0 aromatic heterocycles. The van der Waals surface area contributed by atoms with Gasteiger partial charge in [-0.3, -0.25) is 0 Å². The van der Waals surface area contributed by atoms with E-state index in [4.69, 9.17) is 14.2 Å². The van der Waals surface area contributed by atoms with Crippen LogP contribution in [0, 0.1) is 0 Å². The number of morpholine rings is 1. The molecule has 1 unspecified atom stereocenters. The molecule has 5 heteroatoms. The summed E-state index contributed by atoms with van der Waals surface area (Å²) in [5, 5.41) is 3.37. The topological polar surface area (TPSA) is 39.7 Å². The third-order valence-corrected chi connectivity index (χ3v) is 4.00. The van der Waals surface area contributed by atoms with Crippen LogP contribution in [0.15, 0.2) is 22.7 Å². The van der Waals surface area contributed by atoms with Gasteiger partial charge < -0.3 is 19.5 Å². The maximum atomic E-state index is 5.96. The molecule has 0 amide bonds. The molecule has 1 heterocycles. The summed E-state index contributed by atoms with van der Waals surface area (Å²) < 4.78 is 18.0. The van der Waals surface area contributed by atoms with E-state index in [0.717, 1.165) is 28.9 Å². The summed E-state index contributed by atoms with van der Waals surface area (Å²) >= 11 is 3.52. The van der Waals surface area contributed by atoms with Crippen LogP contribution in [0.5, 0.6) is 5.75 Å². The van der Waals surface area contributed by atoms with Crippen LogP contribution in [0.25, 0.3) is 0 Å². The van der Waals surface area contributed by atoms with Gasteiger partial charge in [0.2, 0.25) is 0 Å². The fourth-order valence-corrected chi connectivity index (χ4v) is 2.61. The summed E-state index contributed by atoms with van der Waals surface area (Å²) in [4.78, 5) is 0. The zero-order chi connectivity index (χ0) is 14.6. The summed E-state index contributed by atoms with van der Waals surface area (Å²) in [7, 11) is 1.66. The molecule has 20 heavy (non-hydrogen) atoms. The lowest BCUT2D eigenvalue weighted by Gasteiger charge is -2.36. The lowest BCUT2D eigenvalue weighted by Crippen LogP contribution is -2.51. The molecule has 1 aromatic carbocycles. The molecule has 1 N–H and O–H groups in total.